The van der Waals surface area contributed by atoms with Crippen LogP contribution >= 0.6 is 0 Å². The summed E-state index contributed by atoms with van der Waals surface area (Å²) in [7, 11) is 0. The van der Waals surface area contributed by atoms with Crippen LogP contribution < -0.4 is 5.32 Å². The lowest BCUT2D eigenvalue weighted by Gasteiger charge is -2.37. The summed E-state index contributed by atoms with van der Waals surface area (Å²) < 4.78 is 17.4. The van der Waals surface area contributed by atoms with Crippen molar-refractivity contribution >= 4 is 17.8 Å². The molecule has 0 saturated carbocycles. The number of amides is 2. The summed E-state index contributed by atoms with van der Waals surface area (Å²) in [5.41, 5.74) is -1.32. The van der Waals surface area contributed by atoms with Crippen molar-refractivity contribution < 1.29 is 33.7 Å². The smallest absolute Gasteiger partial charge is 0.312 e. The van der Waals surface area contributed by atoms with E-state index in [1.54, 1.807) is 6.92 Å². The number of ether oxygens (including phenoxy) is 3. The lowest BCUT2D eigenvalue weighted by molar-refractivity contribution is -0.160. The van der Waals surface area contributed by atoms with Crippen molar-refractivity contribution in [3.8, 4) is 0 Å². The Morgan fingerprint density at radius 2 is 1.95 bits per heavy atom. The molecular formula is C27H37N3O7. The predicted octanol–water partition coefficient (Wildman–Crippen LogP) is 0.496. The molecule has 1 aromatic carbocycles. The first-order valence-electron chi connectivity index (χ1n) is 13.3. The van der Waals surface area contributed by atoms with Crippen LogP contribution in [0.3, 0.4) is 0 Å². The molecule has 2 bridgehead atoms. The number of nitrogens with zero attached hydrogens (tertiary/aromatic N) is 2. The van der Waals surface area contributed by atoms with Gasteiger partial charge in [-0.05, 0) is 32.3 Å². The van der Waals surface area contributed by atoms with Crippen LogP contribution in [-0.4, -0.2) is 103 Å². The quantitative estimate of drug-likeness (QED) is 0.457. The first-order valence-corrected chi connectivity index (χ1v) is 13.3. The largest absolute Gasteiger partial charge is 0.466 e. The molecular weight excluding hydrogens is 478 g/mol. The van der Waals surface area contributed by atoms with Gasteiger partial charge < -0.3 is 29.5 Å². The summed E-state index contributed by atoms with van der Waals surface area (Å²) in [5, 5.41) is 13.5. The molecule has 2 amide bonds. The van der Waals surface area contributed by atoms with Gasteiger partial charge in [0.05, 0.1) is 44.0 Å². The summed E-state index contributed by atoms with van der Waals surface area (Å²) in [6, 6.07) is 7.45. The van der Waals surface area contributed by atoms with Gasteiger partial charge >= 0.3 is 5.97 Å². The van der Waals surface area contributed by atoms with Crippen molar-refractivity contribution in [1.29, 1.82) is 0 Å². The number of morpholine rings is 1. The molecule has 1 aromatic rings. The lowest BCUT2D eigenvalue weighted by Crippen LogP contribution is -2.57. The maximum absolute atomic E-state index is 14.2. The minimum atomic E-state index is -1.16. The Kier molecular flexibility index (Phi) is 7.28. The maximum atomic E-state index is 14.2. The molecule has 4 aliphatic rings. The highest BCUT2D eigenvalue weighted by molar-refractivity contribution is 5.98. The molecule has 2 unspecified atom stereocenters. The second kappa shape index (κ2) is 10.3. The molecule has 4 saturated heterocycles. The van der Waals surface area contributed by atoms with E-state index in [1.807, 2.05) is 37.3 Å². The third-order valence-corrected chi connectivity index (χ3v) is 8.53. The van der Waals surface area contributed by atoms with Crippen molar-refractivity contribution in [2.45, 2.75) is 50.0 Å². The van der Waals surface area contributed by atoms with Gasteiger partial charge in [-0.15, -0.1) is 0 Å². The van der Waals surface area contributed by atoms with E-state index < -0.39 is 41.1 Å². The molecule has 37 heavy (non-hydrogen) atoms. The summed E-state index contributed by atoms with van der Waals surface area (Å²) in [6.45, 7) is 7.42. The molecule has 4 fully saturated rings. The van der Waals surface area contributed by atoms with Gasteiger partial charge in [0.25, 0.3) is 0 Å². The van der Waals surface area contributed by atoms with Gasteiger partial charge in [-0.2, -0.15) is 0 Å². The monoisotopic (exact) mass is 515 g/mol. The number of rotatable bonds is 9. The molecule has 6 atom stereocenters. The highest BCUT2D eigenvalue weighted by Crippen LogP contribution is 2.64. The van der Waals surface area contributed by atoms with E-state index in [-0.39, 0.29) is 25.0 Å². The normalized spacial score (nSPS) is 33.9. The average Bonchev–Trinajstić information content (AvgIpc) is 3.47. The van der Waals surface area contributed by atoms with E-state index in [2.05, 4.69) is 10.2 Å². The Morgan fingerprint density at radius 1 is 1.22 bits per heavy atom. The minimum absolute atomic E-state index is 0.192. The Labute approximate surface area is 217 Å². The van der Waals surface area contributed by atoms with Crippen LogP contribution in [0.25, 0.3) is 0 Å². The summed E-state index contributed by atoms with van der Waals surface area (Å²) >= 11 is 0. The van der Waals surface area contributed by atoms with Gasteiger partial charge in [0.2, 0.25) is 11.8 Å². The number of fused-ring (bicyclic) bond motifs is 1. The van der Waals surface area contributed by atoms with Crippen LogP contribution in [0.2, 0.25) is 0 Å². The standard InChI is InChI=1S/C27H37N3O7/c1-3-36-25(34)21-20-24(33)30(19(17-31)18-7-5-4-6-8-18)22(27(20)10-9-26(21,2)37-27)23(32)28-11-12-29-13-15-35-16-14-29/h4-8,19-22,31H,3,9-17H2,1-2H3,(H,28,32)/t19-,20+,21+,22?,26-,27?/m1/s1. The number of hydrogen-bond donors (Lipinski definition) is 2. The van der Waals surface area contributed by atoms with E-state index in [1.165, 1.54) is 4.90 Å². The number of likely N-dealkylation sites (tertiary alicyclic amines) is 1. The van der Waals surface area contributed by atoms with E-state index in [4.69, 9.17) is 14.2 Å². The zero-order valence-electron chi connectivity index (χ0n) is 21.6. The molecule has 5 rings (SSSR count). The second-order valence-electron chi connectivity index (χ2n) is 10.6. The second-order valence-corrected chi connectivity index (χ2v) is 10.6. The highest BCUT2D eigenvalue weighted by Gasteiger charge is 2.78. The summed E-state index contributed by atoms with van der Waals surface area (Å²) in [5.74, 6) is -2.81. The number of carbonyl (C=O) groups is 3. The van der Waals surface area contributed by atoms with Gasteiger partial charge in [-0.25, -0.2) is 0 Å². The van der Waals surface area contributed by atoms with Crippen LogP contribution in [0.1, 0.15) is 38.3 Å². The van der Waals surface area contributed by atoms with Crippen LogP contribution in [0.15, 0.2) is 30.3 Å². The third kappa shape index (κ3) is 4.33. The third-order valence-electron chi connectivity index (χ3n) is 8.53. The van der Waals surface area contributed by atoms with Crippen LogP contribution in [0.4, 0.5) is 0 Å². The Balaban J connectivity index is 1.48. The fourth-order valence-corrected chi connectivity index (χ4v) is 6.88. The fraction of sp³-hybridized carbons (Fsp3) is 0.667. The minimum Gasteiger partial charge on any atom is -0.466 e. The van der Waals surface area contributed by atoms with E-state index in [0.29, 0.717) is 44.7 Å². The fourth-order valence-electron chi connectivity index (χ4n) is 6.88. The molecule has 4 heterocycles. The highest BCUT2D eigenvalue weighted by atomic mass is 16.6. The Bertz CT molecular complexity index is 1020. The van der Waals surface area contributed by atoms with Crippen LogP contribution in [0, 0.1) is 11.8 Å². The van der Waals surface area contributed by atoms with Crippen molar-refractivity contribution in [1.82, 2.24) is 15.1 Å². The van der Waals surface area contributed by atoms with Crippen molar-refractivity contribution in [2.75, 3.05) is 52.6 Å². The average molecular weight is 516 g/mol. The van der Waals surface area contributed by atoms with Gasteiger partial charge in [-0.1, -0.05) is 30.3 Å². The predicted molar refractivity (Wildman–Crippen MR) is 132 cm³/mol. The zero-order chi connectivity index (χ0) is 26.2. The molecule has 4 aliphatic heterocycles. The van der Waals surface area contributed by atoms with Crippen LogP contribution in [-0.2, 0) is 28.6 Å². The first kappa shape index (κ1) is 26.1. The summed E-state index contributed by atoms with van der Waals surface area (Å²) in [6.07, 6.45) is 1.02. The van der Waals surface area contributed by atoms with E-state index >= 15 is 0 Å². The number of benzene rings is 1. The number of carbonyl (C=O) groups excluding carboxylic acids is 3. The van der Waals surface area contributed by atoms with E-state index in [0.717, 1.165) is 13.1 Å². The Morgan fingerprint density at radius 3 is 2.62 bits per heavy atom. The SMILES string of the molecule is CCOC(=O)[C@@H]1[C@H]2C(=O)N([C@H](CO)c3ccccc3)C(C(=O)NCCN3CCOCC3)C23CC[C@@]1(C)O3. The Hall–Kier alpha value is -2.53. The zero-order valence-corrected chi connectivity index (χ0v) is 21.6. The lowest BCUT2D eigenvalue weighted by atomic mass is 9.66. The molecule has 10 nitrogen and oxygen atoms in total. The number of nitrogens with one attached hydrogen (secondary N) is 1. The molecule has 0 radical (unpaired) electrons. The molecule has 2 N–H and O–H groups in total. The van der Waals surface area contributed by atoms with E-state index in [9.17, 15) is 19.5 Å². The number of hydrogen-bond acceptors (Lipinski definition) is 8. The van der Waals surface area contributed by atoms with Gasteiger partial charge in [0.15, 0.2) is 0 Å². The molecule has 0 aromatic heterocycles. The van der Waals surface area contributed by atoms with Crippen LogP contribution in [0.5, 0.6) is 0 Å². The van der Waals surface area contributed by atoms with Gasteiger partial charge in [0.1, 0.15) is 17.6 Å². The molecule has 202 valence electrons. The van der Waals surface area contributed by atoms with Crippen molar-refractivity contribution in [3.05, 3.63) is 35.9 Å². The van der Waals surface area contributed by atoms with Crippen molar-refractivity contribution in [3.63, 3.8) is 0 Å². The van der Waals surface area contributed by atoms with Gasteiger partial charge in [-0.3, -0.25) is 19.3 Å². The van der Waals surface area contributed by atoms with Crippen molar-refractivity contribution in [2.24, 2.45) is 11.8 Å². The summed E-state index contributed by atoms with van der Waals surface area (Å²) in [4.78, 5) is 44.9. The topological polar surface area (TPSA) is 118 Å². The number of aliphatic hydroxyl groups excluding tert-OH is 1. The molecule has 1 spiro atoms. The number of aliphatic hydroxyl groups is 1. The van der Waals surface area contributed by atoms with Gasteiger partial charge in [0, 0.05) is 26.2 Å². The molecule has 10 heteroatoms. The number of esters is 1. The first-order chi connectivity index (χ1) is 17.9. The molecule has 0 aliphatic carbocycles. The maximum Gasteiger partial charge on any atom is 0.312 e.